The summed E-state index contributed by atoms with van der Waals surface area (Å²) in [4.78, 5) is 13.8. The number of nitrogens with zero attached hydrogens (tertiary/aromatic N) is 1. The van der Waals surface area contributed by atoms with Crippen LogP contribution in [-0.4, -0.2) is 42.5 Å². The molecule has 4 nitrogen and oxygen atoms in total. The minimum atomic E-state index is -0.414. The van der Waals surface area contributed by atoms with Gasteiger partial charge in [0.1, 0.15) is 0 Å². The molecule has 94 valence electrons. The minimum absolute atomic E-state index is 0.0578. The Kier molecular flexibility index (Phi) is 5.22. The standard InChI is InChI=1S/C12H25N3O/c1-9-5-4-6-15(7-9)8-10(2)14-12(16)11(3)13/h9-11H,4-8,13H2,1-3H3,(H,14,16). The van der Waals surface area contributed by atoms with Crippen LogP contribution < -0.4 is 11.1 Å². The number of rotatable bonds is 4. The fraction of sp³-hybridized carbons (Fsp3) is 0.917. The molecule has 1 rings (SSSR count). The molecule has 4 heteroatoms. The van der Waals surface area contributed by atoms with Crippen LogP contribution in [0.1, 0.15) is 33.6 Å². The van der Waals surface area contributed by atoms with Crippen LogP contribution in [0, 0.1) is 5.92 Å². The van der Waals surface area contributed by atoms with E-state index in [0.717, 1.165) is 25.6 Å². The van der Waals surface area contributed by atoms with Gasteiger partial charge in [-0.2, -0.15) is 0 Å². The molecule has 0 aromatic carbocycles. The van der Waals surface area contributed by atoms with Crippen molar-refractivity contribution in [1.82, 2.24) is 10.2 Å². The molecule has 0 spiro atoms. The molecule has 1 fully saturated rings. The molecular weight excluding hydrogens is 202 g/mol. The first kappa shape index (κ1) is 13.5. The summed E-state index contributed by atoms with van der Waals surface area (Å²) in [7, 11) is 0. The Balaban J connectivity index is 2.27. The second-order valence-electron chi connectivity index (χ2n) is 5.21. The van der Waals surface area contributed by atoms with Crippen LogP contribution in [-0.2, 0) is 4.79 Å². The summed E-state index contributed by atoms with van der Waals surface area (Å²) < 4.78 is 0. The number of nitrogens with one attached hydrogen (secondary N) is 1. The van der Waals surface area contributed by atoms with Gasteiger partial charge in [0, 0.05) is 19.1 Å². The number of carbonyl (C=O) groups is 1. The molecule has 0 bridgehead atoms. The lowest BCUT2D eigenvalue weighted by atomic mass is 10.00. The molecule has 3 unspecified atom stereocenters. The van der Waals surface area contributed by atoms with Gasteiger partial charge in [0.25, 0.3) is 0 Å². The highest BCUT2D eigenvalue weighted by molar-refractivity contribution is 5.81. The smallest absolute Gasteiger partial charge is 0.236 e. The van der Waals surface area contributed by atoms with Crippen molar-refractivity contribution in [3.05, 3.63) is 0 Å². The Labute approximate surface area is 98.6 Å². The third-order valence-electron chi connectivity index (χ3n) is 3.08. The topological polar surface area (TPSA) is 58.4 Å². The number of carbonyl (C=O) groups excluding carboxylic acids is 1. The van der Waals surface area contributed by atoms with Crippen LogP contribution >= 0.6 is 0 Å². The van der Waals surface area contributed by atoms with Gasteiger partial charge in [0.05, 0.1) is 6.04 Å². The first-order valence-electron chi connectivity index (χ1n) is 6.27. The van der Waals surface area contributed by atoms with Gasteiger partial charge >= 0.3 is 0 Å². The van der Waals surface area contributed by atoms with Crippen LogP contribution in [0.3, 0.4) is 0 Å². The molecule has 3 N–H and O–H groups in total. The predicted octanol–water partition coefficient (Wildman–Crippen LogP) is 0.570. The third kappa shape index (κ3) is 4.49. The molecule has 1 saturated heterocycles. The summed E-state index contributed by atoms with van der Waals surface area (Å²) in [5, 5.41) is 2.94. The highest BCUT2D eigenvalue weighted by Gasteiger charge is 2.19. The van der Waals surface area contributed by atoms with Gasteiger partial charge in [-0.3, -0.25) is 4.79 Å². The lowest BCUT2D eigenvalue weighted by molar-refractivity contribution is -0.122. The van der Waals surface area contributed by atoms with Crippen molar-refractivity contribution in [2.45, 2.75) is 45.7 Å². The maximum atomic E-state index is 11.4. The van der Waals surface area contributed by atoms with E-state index in [1.54, 1.807) is 6.92 Å². The maximum absolute atomic E-state index is 11.4. The van der Waals surface area contributed by atoms with Gasteiger partial charge in [0.2, 0.25) is 5.91 Å². The molecule has 3 atom stereocenters. The Bertz CT molecular complexity index is 230. The summed E-state index contributed by atoms with van der Waals surface area (Å²) in [6.45, 7) is 9.28. The monoisotopic (exact) mass is 227 g/mol. The highest BCUT2D eigenvalue weighted by Crippen LogP contribution is 2.15. The summed E-state index contributed by atoms with van der Waals surface area (Å²) >= 11 is 0. The van der Waals surface area contributed by atoms with E-state index in [4.69, 9.17) is 5.73 Å². The first-order valence-corrected chi connectivity index (χ1v) is 6.27. The zero-order valence-electron chi connectivity index (χ0n) is 10.7. The number of likely N-dealkylation sites (tertiary alicyclic amines) is 1. The molecule has 0 aromatic rings. The normalized spacial score (nSPS) is 26.1. The van der Waals surface area contributed by atoms with Gasteiger partial charge in [0.15, 0.2) is 0 Å². The molecule has 1 aliphatic rings. The lowest BCUT2D eigenvalue weighted by Gasteiger charge is -2.33. The lowest BCUT2D eigenvalue weighted by Crippen LogP contribution is -2.48. The maximum Gasteiger partial charge on any atom is 0.236 e. The summed E-state index contributed by atoms with van der Waals surface area (Å²) in [6, 6.07) is -0.230. The fourth-order valence-electron chi connectivity index (χ4n) is 2.26. The van der Waals surface area contributed by atoms with E-state index in [0.29, 0.717) is 0 Å². The molecule has 1 aliphatic heterocycles. The fourth-order valence-corrected chi connectivity index (χ4v) is 2.26. The van der Waals surface area contributed by atoms with Gasteiger partial charge in [-0.25, -0.2) is 0 Å². The summed E-state index contributed by atoms with van der Waals surface area (Å²) in [5.74, 6) is 0.725. The van der Waals surface area contributed by atoms with Crippen molar-refractivity contribution in [3.63, 3.8) is 0 Å². The van der Waals surface area contributed by atoms with Crippen molar-refractivity contribution in [2.24, 2.45) is 11.7 Å². The van der Waals surface area contributed by atoms with E-state index in [-0.39, 0.29) is 11.9 Å². The number of nitrogens with two attached hydrogens (primary N) is 1. The molecular formula is C12H25N3O. The molecule has 1 amide bonds. The van der Waals surface area contributed by atoms with Gasteiger partial charge < -0.3 is 16.0 Å². The SMILES string of the molecule is CC1CCCN(CC(C)NC(=O)C(C)N)C1. The van der Waals surface area contributed by atoms with Crippen LogP contribution in [0.15, 0.2) is 0 Å². The van der Waals surface area contributed by atoms with Crippen molar-refractivity contribution >= 4 is 5.91 Å². The molecule has 0 radical (unpaired) electrons. The molecule has 1 heterocycles. The molecule has 0 aliphatic carbocycles. The average Bonchev–Trinajstić information content (AvgIpc) is 2.16. The van der Waals surface area contributed by atoms with E-state index >= 15 is 0 Å². The molecule has 0 aromatic heterocycles. The summed E-state index contributed by atoms with van der Waals surface area (Å²) in [5.41, 5.74) is 5.51. The largest absolute Gasteiger partial charge is 0.351 e. The predicted molar refractivity (Wildman–Crippen MR) is 66.1 cm³/mol. The number of amides is 1. The summed E-state index contributed by atoms with van der Waals surface area (Å²) in [6.07, 6.45) is 2.60. The van der Waals surface area contributed by atoms with Crippen LogP contribution in [0.25, 0.3) is 0 Å². The van der Waals surface area contributed by atoms with Crippen molar-refractivity contribution < 1.29 is 4.79 Å². The Morgan fingerprint density at radius 2 is 2.25 bits per heavy atom. The Morgan fingerprint density at radius 3 is 2.81 bits per heavy atom. The van der Waals surface area contributed by atoms with Gasteiger partial charge in [-0.15, -0.1) is 0 Å². The first-order chi connectivity index (χ1) is 7.49. The minimum Gasteiger partial charge on any atom is -0.351 e. The molecule has 16 heavy (non-hydrogen) atoms. The number of hydrogen-bond donors (Lipinski definition) is 2. The van der Waals surface area contributed by atoms with Crippen LogP contribution in [0.2, 0.25) is 0 Å². The zero-order chi connectivity index (χ0) is 12.1. The van der Waals surface area contributed by atoms with Crippen molar-refractivity contribution in [2.75, 3.05) is 19.6 Å². The third-order valence-corrected chi connectivity index (χ3v) is 3.08. The Morgan fingerprint density at radius 1 is 1.56 bits per heavy atom. The van der Waals surface area contributed by atoms with E-state index in [1.165, 1.54) is 12.8 Å². The highest BCUT2D eigenvalue weighted by atomic mass is 16.2. The number of piperidine rings is 1. The Hall–Kier alpha value is -0.610. The van der Waals surface area contributed by atoms with E-state index in [1.807, 2.05) is 6.92 Å². The van der Waals surface area contributed by atoms with E-state index < -0.39 is 6.04 Å². The second-order valence-corrected chi connectivity index (χ2v) is 5.21. The zero-order valence-corrected chi connectivity index (χ0v) is 10.7. The van der Waals surface area contributed by atoms with Gasteiger partial charge in [-0.05, 0) is 39.2 Å². The second kappa shape index (κ2) is 6.21. The van der Waals surface area contributed by atoms with Crippen LogP contribution in [0.4, 0.5) is 0 Å². The average molecular weight is 227 g/mol. The van der Waals surface area contributed by atoms with Gasteiger partial charge in [-0.1, -0.05) is 6.92 Å². The van der Waals surface area contributed by atoms with Crippen molar-refractivity contribution in [1.29, 1.82) is 0 Å². The van der Waals surface area contributed by atoms with Crippen LogP contribution in [0.5, 0.6) is 0 Å². The molecule has 0 saturated carbocycles. The quantitative estimate of drug-likeness (QED) is 0.738. The van der Waals surface area contributed by atoms with E-state index in [9.17, 15) is 4.79 Å². The van der Waals surface area contributed by atoms with Crippen molar-refractivity contribution in [3.8, 4) is 0 Å². The number of hydrogen-bond acceptors (Lipinski definition) is 3. The van der Waals surface area contributed by atoms with E-state index in [2.05, 4.69) is 17.1 Å².